The van der Waals surface area contributed by atoms with Crippen LogP contribution in [-0.2, 0) is 9.53 Å². The van der Waals surface area contributed by atoms with E-state index in [-0.39, 0.29) is 6.61 Å². The zero-order chi connectivity index (χ0) is 9.99. The molecule has 0 aromatic heterocycles. The van der Waals surface area contributed by atoms with Crippen LogP contribution in [0.15, 0.2) is 0 Å². The van der Waals surface area contributed by atoms with Gasteiger partial charge >= 0.3 is 5.97 Å². The Morgan fingerprint density at radius 3 is 3.00 bits per heavy atom. The third-order valence-corrected chi connectivity index (χ3v) is 0.623. The first kappa shape index (κ1) is 3.20. The minimum absolute atomic E-state index is 0.0292. The lowest BCUT2D eigenvalue weighted by atomic mass is 10.5. The van der Waals surface area contributed by atoms with Gasteiger partial charge in [0.1, 0.15) is 0 Å². The van der Waals surface area contributed by atoms with E-state index in [1.54, 1.807) is 0 Å². The van der Waals surface area contributed by atoms with Gasteiger partial charge in [0.15, 0.2) is 0 Å². The van der Waals surface area contributed by atoms with Gasteiger partial charge < -0.3 is 4.74 Å². The smallest absolute Gasteiger partial charge is 0.306 e. The average molecular weight is 185 g/mol. The van der Waals surface area contributed by atoms with E-state index >= 15 is 0 Å². The molecule has 48 valence electrons. The number of hydrogen-bond donors (Lipinski definition) is 0. The monoisotopic (exact) mass is 184 g/mol. The summed E-state index contributed by atoms with van der Waals surface area (Å²) >= 11 is 2.43. The summed E-state index contributed by atoms with van der Waals surface area (Å²) in [4.78, 5) is 10.8. The van der Waals surface area contributed by atoms with Crippen LogP contribution >= 0.6 is 15.9 Å². The summed E-state index contributed by atoms with van der Waals surface area (Å²) in [6, 6.07) is 0. The van der Waals surface area contributed by atoms with E-state index in [0.717, 1.165) is 0 Å². The molecule has 0 amide bonds. The molecule has 0 rings (SSSR count). The summed E-state index contributed by atoms with van der Waals surface area (Å²) in [6.45, 7) is 1.55. The number of rotatable bonds is 3. The number of ether oxygens (including phenoxy) is 1. The fourth-order valence-corrected chi connectivity index (χ4v) is 0.368. The number of carbonyl (C=O) groups is 1. The predicted octanol–water partition coefficient (Wildman–Crippen LogP) is 1.33. The van der Waals surface area contributed by atoms with Crippen molar-refractivity contribution in [1.82, 2.24) is 0 Å². The van der Waals surface area contributed by atoms with Crippen molar-refractivity contribution in [3.63, 3.8) is 0 Å². The normalized spacial score (nSPS) is 19.8. The Labute approximate surface area is 63.0 Å². The van der Waals surface area contributed by atoms with Crippen molar-refractivity contribution in [2.24, 2.45) is 0 Å². The molecule has 0 aromatic carbocycles. The summed E-state index contributed by atoms with van der Waals surface area (Å²) in [5.41, 5.74) is 0. The molecule has 0 atom stereocenters. The van der Waals surface area contributed by atoms with E-state index in [1.807, 2.05) is 0 Å². The first-order valence-corrected chi connectivity index (χ1v) is 2.89. The highest BCUT2D eigenvalue weighted by molar-refractivity contribution is 9.09. The van der Waals surface area contributed by atoms with Crippen LogP contribution in [0.4, 0.5) is 0 Å². The number of esters is 1. The number of alkyl halides is 1. The fraction of sp³-hybridized carbons (Fsp3) is 0.800. The average Bonchev–Trinajstić information content (AvgIpc) is 1.85. The second kappa shape index (κ2) is 5.09. The first-order chi connectivity index (χ1) is 5.23. The molecule has 0 aliphatic rings. The summed E-state index contributed by atoms with van der Waals surface area (Å²) in [7, 11) is 0. The Morgan fingerprint density at radius 1 is 2.00 bits per heavy atom. The third kappa shape index (κ3) is 4.12. The van der Waals surface area contributed by atoms with Crippen LogP contribution in [0, 0.1) is 0 Å². The fourth-order valence-electron chi connectivity index (χ4n) is 0.206. The molecule has 0 bridgehead atoms. The van der Waals surface area contributed by atoms with Crippen molar-refractivity contribution in [3.8, 4) is 0 Å². The van der Waals surface area contributed by atoms with Crippen molar-refractivity contribution < 1.29 is 15.0 Å². The maximum absolute atomic E-state index is 10.8. The van der Waals surface area contributed by atoms with Crippen LogP contribution in [-0.4, -0.2) is 17.9 Å². The van der Waals surface area contributed by atoms with Gasteiger partial charge in [0, 0.05) is 10.8 Å². The molecule has 0 aliphatic heterocycles. The van der Waals surface area contributed by atoms with Gasteiger partial charge in [-0.25, -0.2) is 0 Å². The van der Waals surface area contributed by atoms with Gasteiger partial charge in [0.2, 0.25) is 0 Å². The second-order valence-corrected chi connectivity index (χ2v) is 1.34. The van der Waals surface area contributed by atoms with Crippen molar-refractivity contribution in [3.05, 3.63) is 0 Å². The summed E-state index contributed by atoms with van der Waals surface area (Å²) in [5, 5.41) is -2.41. The van der Waals surface area contributed by atoms with E-state index in [1.165, 1.54) is 6.92 Å². The third-order valence-electron chi connectivity index (χ3n) is 0.425. The SMILES string of the molecule is [2H]C([2H])(Br)C([2H])([2H])C(=O)OCC. The maximum Gasteiger partial charge on any atom is 0.306 e. The predicted molar refractivity (Wildman–Crippen MR) is 35.0 cm³/mol. The lowest BCUT2D eigenvalue weighted by Gasteiger charge is -1.95. The maximum atomic E-state index is 10.8. The molecule has 0 aromatic rings. The Morgan fingerprint density at radius 2 is 2.62 bits per heavy atom. The molecule has 3 heteroatoms. The quantitative estimate of drug-likeness (QED) is 0.489. The van der Waals surface area contributed by atoms with E-state index in [0.29, 0.717) is 0 Å². The van der Waals surface area contributed by atoms with Crippen LogP contribution in [0.2, 0.25) is 0 Å². The van der Waals surface area contributed by atoms with E-state index in [9.17, 15) is 4.79 Å². The van der Waals surface area contributed by atoms with Gasteiger partial charge in [-0.05, 0) is 6.92 Å². The molecule has 0 aliphatic carbocycles. The Balaban J connectivity index is 4.50. The number of carbonyl (C=O) groups excluding carboxylic acids is 1. The van der Waals surface area contributed by atoms with Gasteiger partial charge in [-0.3, -0.25) is 4.79 Å². The molecule has 0 heterocycles. The Kier molecular flexibility index (Phi) is 2.04. The zero-order valence-corrected chi connectivity index (χ0v) is 5.99. The standard InChI is InChI=1S/C5H9BrO2/c1-2-8-5(7)3-4-6/h2-4H2,1H3/i3D2,4D2. The first-order valence-electron chi connectivity index (χ1n) is 4.09. The highest BCUT2D eigenvalue weighted by Crippen LogP contribution is 1.89. The summed E-state index contributed by atoms with van der Waals surface area (Å²) in [5.74, 6) is -1.20. The highest BCUT2D eigenvalue weighted by Gasteiger charge is 1.96. The van der Waals surface area contributed by atoms with Crippen LogP contribution in [0.1, 0.15) is 18.8 Å². The van der Waals surface area contributed by atoms with Crippen molar-refractivity contribution >= 4 is 21.9 Å². The second-order valence-electron chi connectivity index (χ2n) is 0.940. The Bertz CT molecular complexity index is 177. The highest BCUT2D eigenvalue weighted by atomic mass is 79.9. The Hall–Kier alpha value is -0.0500. The van der Waals surface area contributed by atoms with Crippen LogP contribution in [0.3, 0.4) is 0 Å². The molecule has 0 N–H and O–H groups in total. The van der Waals surface area contributed by atoms with Crippen molar-refractivity contribution in [2.45, 2.75) is 13.3 Å². The van der Waals surface area contributed by atoms with E-state index in [4.69, 9.17) is 5.48 Å². The van der Waals surface area contributed by atoms with Crippen molar-refractivity contribution in [1.29, 1.82) is 0 Å². The molecule has 8 heavy (non-hydrogen) atoms. The summed E-state index contributed by atoms with van der Waals surface area (Å²) < 4.78 is 32.4. The minimum Gasteiger partial charge on any atom is -0.466 e. The van der Waals surface area contributed by atoms with Crippen LogP contribution < -0.4 is 0 Å². The minimum atomic E-state index is -2.66. The van der Waals surface area contributed by atoms with Crippen LogP contribution in [0.25, 0.3) is 0 Å². The van der Waals surface area contributed by atoms with Crippen molar-refractivity contribution in [2.75, 3.05) is 11.9 Å². The molecular weight excluding hydrogens is 172 g/mol. The molecule has 0 radical (unpaired) electrons. The largest absolute Gasteiger partial charge is 0.466 e. The lowest BCUT2D eigenvalue weighted by molar-refractivity contribution is -0.142. The van der Waals surface area contributed by atoms with E-state index in [2.05, 4.69) is 20.7 Å². The van der Waals surface area contributed by atoms with Gasteiger partial charge in [0.25, 0.3) is 0 Å². The van der Waals surface area contributed by atoms with Crippen LogP contribution in [0.5, 0.6) is 0 Å². The van der Waals surface area contributed by atoms with Gasteiger partial charge in [-0.1, -0.05) is 15.9 Å². The molecule has 0 unspecified atom stereocenters. The summed E-state index contributed by atoms with van der Waals surface area (Å²) in [6.07, 6.45) is -2.66. The molecule has 0 spiro atoms. The lowest BCUT2D eigenvalue weighted by Crippen LogP contribution is -2.03. The van der Waals surface area contributed by atoms with Gasteiger partial charge in [0.05, 0.1) is 13.0 Å². The number of halogens is 1. The molecule has 0 fully saturated rings. The van der Waals surface area contributed by atoms with Gasteiger partial charge in [-0.15, -0.1) is 0 Å². The van der Waals surface area contributed by atoms with E-state index < -0.39 is 17.6 Å². The number of hydrogen-bond acceptors (Lipinski definition) is 2. The molecule has 0 saturated carbocycles. The van der Waals surface area contributed by atoms with Gasteiger partial charge in [-0.2, -0.15) is 0 Å². The zero-order valence-electron chi connectivity index (χ0n) is 8.40. The molecule has 2 nitrogen and oxygen atoms in total. The topological polar surface area (TPSA) is 26.3 Å². The molecular formula is C5H9BrO2. The molecule has 0 saturated heterocycles.